The maximum Gasteiger partial charge on any atom is 0.228 e. The largest absolute Gasteiger partial charge is 0.330 e. The fourth-order valence-electron chi connectivity index (χ4n) is 2.30. The van der Waals surface area contributed by atoms with Crippen molar-refractivity contribution in [3.8, 4) is 11.3 Å². The summed E-state index contributed by atoms with van der Waals surface area (Å²) in [7, 11) is 0. The number of hydrogen-bond donors (Lipinski definition) is 2. The molecule has 0 aliphatic heterocycles. The third-order valence-electron chi connectivity index (χ3n) is 3.59. The van der Waals surface area contributed by atoms with E-state index in [0.717, 1.165) is 0 Å². The van der Waals surface area contributed by atoms with E-state index in [4.69, 9.17) is 17.3 Å². The van der Waals surface area contributed by atoms with Gasteiger partial charge in [-0.25, -0.2) is 9.37 Å². The molecule has 1 aromatic heterocycles. The van der Waals surface area contributed by atoms with Crippen molar-refractivity contribution in [3.05, 3.63) is 47.2 Å². The van der Waals surface area contributed by atoms with Crippen LogP contribution in [-0.4, -0.2) is 17.4 Å². The van der Waals surface area contributed by atoms with E-state index in [1.165, 1.54) is 12.1 Å². The number of pyridine rings is 1. The van der Waals surface area contributed by atoms with Crippen LogP contribution in [0.5, 0.6) is 0 Å². The molecule has 7 heteroatoms. The van der Waals surface area contributed by atoms with Crippen LogP contribution >= 0.6 is 24.0 Å². The summed E-state index contributed by atoms with van der Waals surface area (Å²) in [4.78, 5) is 16.6. The van der Waals surface area contributed by atoms with Crippen LogP contribution in [0.15, 0.2) is 36.4 Å². The first-order valence-electron chi connectivity index (χ1n) is 7.48. The van der Waals surface area contributed by atoms with Crippen molar-refractivity contribution in [2.45, 2.75) is 19.8 Å². The van der Waals surface area contributed by atoms with Gasteiger partial charge in [0.2, 0.25) is 5.91 Å². The number of halogens is 3. The van der Waals surface area contributed by atoms with Crippen molar-refractivity contribution < 1.29 is 9.18 Å². The summed E-state index contributed by atoms with van der Waals surface area (Å²) in [5, 5.41) is 3.07. The summed E-state index contributed by atoms with van der Waals surface area (Å²) in [6.07, 6.45) is 1.35. The van der Waals surface area contributed by atoms with Gasteiger partial charge in [0.1, 0.15) is 11.6 Å². The minimum absolute atomic E-state index is 0. The van der Waals surface area contributed by atoms with Crippen LogP contribution in [0, 0.1) is 11.7 Å². The van der Waals surface area contributed by atoms with Crippen molar-refractivity contribution in [2.24, 2.45) is 11.7 Å². The Morgan fingerprint density at radius 1 is 1.38 bits per heavy atom. The first-order valence-corrected chi connectivity index (χ1v) is 7.86. The molecule has 0 saturated heterocycles. The first-order chi connectivity index (χ1) is 11.0. The molecule has 130 valence electrons. The quantitative estimate of drug-likeness (QED) is 0.796. The second-order valence-corrected chi connectivity index (χ2v) is 5.61. The lowest BCUT2D eigenvalue weighted by atomic mass is 10.0. The Hall–Kier alpha value is -1.69. The summed E-state index contributed by atoms with van der Waals surface area (Å²) in [6, 6.07) is 9.34. The molecular weight excluding hydrogens is 352 g/mol. The van der Waals surface area contributed by atoms with Gasteiger partial charge in [-0.15, -0.1) is 12.4 Å². The van der Waals surface area contributed by atoms with Crippen LogP contribution in [0.4, 0.5) is 10.2 Å². The predicted octanol–water partition coefficient (Wildman–Crippen LogP) is 4.28. The summed E-state index contributed by atoms with van der Waals surface area (Å²) in [5.41, 5.74) is 6.70. The average molecular weight is 372 g/mol. The third-order valence-corrected chi connectivity index (χ3v) is 3.90. The molecule has 4 nitrogen and oxygen atoms in total. The number of carbonyl (C=O) groups excluding carboxylic acids is 1. The Balaban J connectivity index is 0.00000288. The lowest BCUT2D eigenvalue weighted by Crippen LogP contribution is -2.25. The topological polar surface area (TPSA) is 68.0 Å². The Bertz CT molecular complexity index is 697. The van der Waals surface area contributed by atoms with E-state index in [0.29, 0.717) is 36.5 Å². The lowest BCUT2D eigenvalue weighted by Gasteiger charge is -2.14. The molecule has 0 aliphatic rings. The van der Waals surface area contributed by atoms with Gasteiger partial charge in [-0.2, -0.15) is 0 Å². The lowest BCUT2D eigenvalue weighted by molar-refractivity contribution is -0.120. The highest BCUT2D eigenvalue weighted by Gasteiger charge is 2.16. The first kappa shape index (κ1) is 20.4. The highest BCUT2D eigenvalue weighted by atomic mass is 35.5. The van der Waals surface area contributed by atoms with E-state index in [9.17, 15) is 9.18 Å². The molecule has 2 aromatic rings. The average Bonchev–Trinajstić information content (AvgIpc) is 2.52. The highest BCUT2D eigenvalue weighted by molar-refractivity contribution is 6.33. The van der Waals surface area contributed by atoms with Gasteiger partial charge in [0.15, 0.2) is 0 Å². The van der Waals surface area contributed by atoms with E-state index >= 15 is 0 Å². The Labute approximate surface area is 152 Å². The van der Waals surface area contributed by atoms with Gasteiger partial charge in [-0.3, -0.25) is 4.79 Å². The van der Waals surface area contributed by atoms with Crippen LogP contribution < -0.4 is 11.1 Å². The molecule has 1 unspecified atom stereocenters. The van der Waals surface area contributed by atoms with Gasteiger partial charge in [-0.1, -0.05) is 24.6 Å². The Morgan fingerprint density at radius 2 is 2.12 bits per heavy atom. The van der Waals surface area contributed by atoms with Crippen LogP contribution in [0.25, 0.3) is 11.3 Å². The van der Waals surface area contributed by atoms with E-state index in [2.05, 4.69) is 10.3 Å². The molecule has 0 aliphatic carbocycles. The van der Waals surface area contributed by atoms with Crippen LogP contribution in [0.2, 0.25) is 5.02 Å². The number of anilines is 1. The maximum atomic E-state index is 13.1. The normalized spacial score (nSPS) is 11.5. The molecule has 24 heavy (non-hydrogen) atoms. The number of carbonyl (C=O) groups is 1. The fraction of sp³-hybridized carbons (Fsp3) is 0.294. The zero-order chi connectivity index (χ0) is 16.8. The van der Waals surface area contributed by atoms with E-state index in [-0.39, 0.29) is 29.3 Å². The second-order valence-electron chi connectivity index (χ2n) is 5.20. The van der Waals surface area contributed by atoms with Crippen LogP contribution in [0.3, 0.4) is 0 Å². The van der Waals surface area contributed by atoms with E-state index < -0.39 is 5.82 Å². The van der Waals surface area contributed by atoms with Gasteiger partial charge in [0, 0.05) is 11.5 Å². The molecule has 0 fully saturated rings. The summed E-state index contributed by atoms with van der Waals surface area (Å²) in [6.45, 7) is 2.41. The van der Waals surface area contributed by atoms with Crippen molar-refractivity contribution >= 4 is 35.7 Å². The smallest absolute Gasteiger partial charge is 0.228 e. The van der Waals surface area contributed by atoms with Crippen molar-refractivity contribution in [3.63, 3.8) is 0 Å². The molecule has 1 amide bonds. The molecule has 1 atom stereocenters. The molecule has 0 radical (unpaired) electrons. The minimum Gasteiger partial charge on any atom is -0.330 e. The number of rotatable bonds is 6. The SMILES string of the molecule is CCC(CCN)C(=O)Nc1cccc(-c2ccc(F)cc2Cl)n1.Cl. The third kappa shape index (κ3) is 5.16. The molecule has 1 aromatic carbocycles. The number of nitrogens with two attached hydrogens (primary N) is 1. The van der Waals surface area contributed by atoms with Gasteiger partial charge >= 0.3 is 0 Å². The summed E-state index contributed by atoms with van der Waals surface area (Å²) >= 11 is 6.06. The second kappa shape index (κ2) is 9.57. The number of nitrogens with one attached hydrogen (secondary N) is 1. The zero-order valence-corrected chi connectivity index (χ0v) is 14.8. The number of aromatic nitrogens is 1. The molecule has 3 N–H and O–H groups in total. The molecule has 0 saturated carbocycles. The monoisotopic (exact) mass is 371 g/mol. The number of benzene rings is 1. The molecule has 0 spiro atoms. The van der Waals surface area contributed by atoms with Crippen molar-refractivity contribution in [1.29, 1.82) is 0 Å². The number of nitrogens with zero attached hydrogens (tertiary/aromatic N) is 1. The summed E-state index contributed by atoms with van der Waals surface area (Å²) in [5.74, 6) is -0.216. The predicted molar refractivity (Wildman–Crippen MR) is 98.0 cm³/mol. The molecule has 2 rings (SSSR count). The van der Waals surface area contributed by atoms with Crippen molar-refractivity contribution in [1.82, 2.24) is 4.98 Å². The Kier molecular flexibility index (Phi) is 8.11. The fourth-order valence-corrected chi connectivity index (χ4v) is 2.57. The van der Waals surface area contributed by atoms with Crippen LogP contribution in [-0.2, 0) is 4.79 Å². The molecular formula is C17H20Cl2FN3O. The zero-order valence-electron chi connectivity index (χ0n) is 13.3. The number of hydrogen-bond acceptors (Lipinski definition) is 3. The van der Waals surface area contributed by atoms with E-state index in [1.807, 2.05) is 6.92 Å². The Morgan fingerprint density at radius 3 is 2.75 bits per heavy atom. The van der Waals surface area contributed by atoms with Gasteiger partial charge in [-0.05, 0) is 49.7 Å². The highest BCUT2D eigenvalue weighted by Crippen LogP contribution is 2.28. The molecule has 1 heterocycles. The van der Waals surface area contributed by atoms with Crippen molar-refractivity contribution in [2.75, 3.05) is 11.9 Å². The maximum absolute atomic E-state index is 13.1. The molecule has 0 bridgehead atoms. The van der Waals surface area contributed by atoms with Gasteiger partial charge in [0.25, 0.3) is 0 Å². The van der Waals surface area contributed by atoms with Crippen LogP contribution in [0.1, 0.15) is 19.8 Å². The van der Waals surface area contributed by atoms with Gasteiger partial charge in [0.05, 0.1) is 10.7 Å². The van der Waals surface area contributed by atoms with E-state index in [1.54, 1.807) is 24.3 Å². The minimum atomic E-state index is -0.407. The summed E-state index contributed by atoms with van der Waals surface area (Å²) < 4.78 is 13.1. The number of amides is 1. The standard InChI is InChI=1S/C17H19ClFN3O.ClH/c1-2-11(8-9-20)17(23)22-16-5-3-4-15(21-16)13-7-6-12(19)10-14(13)18;/h3-7,10-11H,2,8-9,20H2,1H3,(H,21,22,23);1H. The van der Waals surface area contributed by atoms with Gasteiger partial charge < -0.3 is 11.1 Å².